The van der Waals surface area contributed by atoms with Gasteiger partial charge in [-0.25, -0.2) is 14.2 Å². The fourth-order valence-corrected chi connectivity index (χ4v) is 4.59. The van der Waals surface area contributed by atoms with Crippen LogP contribution in [0.3, 0.4) is 0 Å². The van der Waals surface area contributed by atoms with Crippen LogP contribution in [0.1, 0.15) is 53.7 Å². The fraction of sp³-hybridized carbons (Fsp3) is 0.333. The van der Waals surface area contributed by atoms with E-state index in [4.69, 9.17) is 22.3 Å². The number of aryl methyl sites for hydroxylation is 1. The van der Waals surface area contributed by atoms with Gasteiger partial charge in [0.25, 0.3) is 5.91 Å². The average Bonchev–Trinajstić information content (AvgIpc) is 3.17. The molecule has 0 saturated carbocycles. The maximum Gasteiger partial charge on any atom is 0.352 e. The number of nitrogens with zero attached hydrogens (tertiary/aromatic N) is 5. The molecule has 2 heterocycles. The highest BCUT2D eigenvalue weighted by atomic mass is 35.5. The van der Waals surface area contributed by atoms with Gasteiger partial charge in [-0.05, 0) is 55.6 Å². The Labute approximate surface area is 219 Å². The lowest BCUT2D eigenvalue weighted by atomic mass is 9.99. The lowest BCUT2D eigenvalue weighted by Gasteiger charge is -2.35. The number of carbonyl (C=O) groups excluding carboxylic acids is 1. The molecule has 4 rings (SSSR count). The van der Waals surface area contributed by atoms with E-state index in [1.807, 2.05) is 44.2 Å². The molecule has 4 aromatic rings. The van der Waals surface area contributed by atoms with Gasteiger partial charge < -0.3 is 10.6 Å². The Kier molecular flexibility index (Phi) is 8.04. The molecular formula is C27H30ClFN6O2. The van der Waals surface area contributed by atoms with Crippen molar-refractivity contribution in [1.29, 1.82) is 0 Å². The number of fused-ring (bicyclic) bond motifs is 1. The van der Waals surface area contributed by atoms with Gasteiger partial charge in [0, 0.05) is 12.1 Å². The number of aromatic nitrogens is 4. The molecule has 0 unspecified atom stereocenters. The molecule has 37 heavy (non-hydrogen) atoms. The molecule has 1 atom stereocenters. The van der Waals surface area contributed by atoms with Crippen molar-refractivity contribution in [3.63, 3.8) is 0 Å². The lowest BCUT2D eigenvalue weighted by molar-refractivity contribution is 0.0601. The maximum absolute atomic E-state index is 13.8. The van der Waals surface area contributed by atoms with Crippen LogP contribution in [0, 0.1) is 18.7 Å². The summed E-state index contributed by atoms with van der Waals surface area (Å²) in [7, 11) is 0. The van der Waals surface area contributed by atoms with Crippen LogP contribution in [0.15, 0.2) is 59.4 Å². The molecule has 0 aliphatic heterocycles. The summed E-state index contributed by atoms with van der Waals surface area (Å²) >= 11 is 6.49. The van der Waals surface area contributed by atoms with E-state index < -0.39 is 17.5 Å². The van der Waals surface area contributed by atoms with E-state index in [9.17, 15) is 14.0 Å². The molecule has 0 bridgehead atoms. The van der Waals surface area contributed by atoms with Crippen LogP contribution in [0.25, 0.3) is 5.65 Å². The molecule has 2 N–H and O–H groups in total. The van der Waals surface area contributed by atoms with Crippen molar-refractivity contribution in [3.8, 4) is 0 Å². The first-order chi connectivity index (χ1) is 17.7. The van der Waals surface area contributed by atoms with Gasteiger partial charge in [-0.2, -0.15) is 9.61 Å². The lowest BCUT2D eigenvalue weighted by Crippen LogP contribution is -2.43. The van der Waals surface area contributed by atoms with Crippen molar-refractivity contribution in [3.05, 3.63) is 98.6 Å². The molecule has 0 aliphatic carbocycles. The van der Waals surface area contributed by atoms with Crippen LogP contribution in [-0.4, -0.2) is 43.1 Å². The van der Waals surface area contributed by atoms with Gasteiger partial charge >= 0.3 is 5.69 Å². The van der Waals surface area contributed by atoms with Crippen LogP contribution in [0.2, 0.25) is 5.02 Å². The SMILES string of the molecule is Cc1nn2c(=O)n(Cc3ccccc3)c([C@@H](C(C)C)N(CCCN)C(=O)c3ccc(F)cc3)nc2c1Cl. The summed E-state index contributed by atoms with van der Waals surface area (Å²) in [5.41, 5.74) is 7.36. The number of hydrogen-bond donors (Lipinski definition) is 1. The summed E-state index contributed by atoms with van der Waals surface area (Å²) in [5, 5.41) is 4.58. The second-order valence-corrected chi connectivity index (χ2v) is 9.67. The summed E-state index contributed by atoms with van der Waals surface area (Å²) in [6.45, 7) is 6.56. The van der Waals surface area contributed by atoms with Gasteiger partial charge in [-0.1, -0.05) is 55.8 Å². The molecule has 1 amide bonds. The van der Waals surface area contributed by atoms with E-state index in [0.29, 0.717) is 36.6 Å². The van der Waals surface area contributed by atoms with Gasteiger partial charge in [-0.3, -0.25) is 9.36 Å². The highest BCUT2D eigenvalue weighted by Gasteiger charge is 2.33. The number of benzene rings is 2. The van der Waals surface area contributed by atoms with Crippen LogP contribution < -0.4 is 11.4 Å². The molecule has 0 radical (unpaired) electrons. The molecule has 194 valence electrons. The Morgan fingerprint density at radius 2 is 1.81 bits per heavy atom. The molecule has 0 fully saturated rings. The molecule has 0 spiro atoms. The predicted octanol–water partition coefficient (Wildman–Crippen LogP) is 4.23. The van der Waals surface area contributed by atoms with E-state index in [0.717, 1.165) is 5.56 Å². The Bertz CT molecular complexity index is 1450. The first-order valence-corrected chi connectivity index (χ1v) is 12.6. The molecular weight excluding hydrogens is 495 g/mol. The number of halogens is 2. The standard InChI is InChI=1S/C27H30ClFN6O2/c1-17(2)23(33(15-7-14-30)26(36)20-10-12-21(29)13-11-20)25-31-24-22(28)18(3)32-35(24)27(37)34(25)16-19-8-5-4-6-9-19/h4-6,8-13,17,23H,7,14-16,30H2,1-3H3/t23-/m1/s1. The summed E-state index contributed by atoms with van der Waals surface area (Å²) in [6.07, 6.45) is 0.536. The Balaban J connectivity index is 1.94. The Morgan fingerprint density at radius 3 is 2.43 bits per heavy atom. The summed E-state index contributed by atoms with van der Waals surface area (Å²) < 4.78 is 16.3. The minimum absolute atomic E-state index is 0.138. The van der Waals surface area contributed by atoms with Crippen LogP contribution in [-0.2, 0) is 6.54 Å². The molecule has 10 heteroatoms. The Morgan fingerprint density at radius 1 is 1.14 bits per heavy atom. The van der Waals surface area contributed by atoms with Crippen molar-refractivity contribution in [2.75, 3.05) is 13.1 Å². The van der Waals surface area contributed by atoms with Crippen LogP contribution in [0.4, 0.5) is 4.39 Å². The first kappa shape index (κ1) is 26.5. The van der Waals surface area contributed by atoms with Crippen molar-refractivity contribution < 1.29 is 9.18 Å². The highest BCUT2D eigenvalue weighted by Crippen LogP contribution is 2.31. The van der Waals surface area contributed by atoms with Crippen molar-refractivity contribution in [2.45, 2.75) is 39.8 Å². The monoisotopic (exact) mass is 524 g/mol. The average molecular weight is 525 g/mol. The second-order valence-electron chi connectivity index (χ2n) is 9.30. The van der Waals surface area contributed by atoms with Crippen molar-refractivity contribution in [2.24, 2.45) is 11.7 Å². The zero-order chi connectivity index (χ0) is 26.7. The minimum atomic E-state index is -0.600. The van der Waals surface area contributed by atoms with Crippen LogP contribution in [0.5, 0.6) is 0 Å². The van der Waals surface area contributed by atoms with Gasteiger partial charge in [0.05, 0.1) is 18.3 Å². The predicted molar refractivity (Wildman–Crippen MR) is 141 cm³/mol. The first-order valence-electron chi connectivity index (χ1n) is 12.2. The largest absolute Gasteiger partial charge is 0.352 e. The molecule has 2 aromatic heterocycles. The highest BCUT2D eigenvalue weighted by molar-refractivity contribution is 6.34. The van der Waals surface area contributed by atoms with Crippen molar-refractivity contribution >= 4 is 23.2 Å². The van der Waals surface area contributed by atoms with Crippen molar-refractivity contribution in [1.82, 2.24) is 24.1 Å². The zero-order valence-electron chi connectivity index (χ0n) is 21.1. The quantitative estimate of drug-likeness (QED) is 0.353. The van der Waals surface area contributed by atoms with E-state index in [2.05, 4.69) is 5.10 Å². The van der Waals surface area contributed by atoms with Gasteiger partial charge in [0.15, 0.2) is 5.65 Å². The van der Waals surface area contributed by atoms with E-state index in [1.165, 1.54) is 28.8 Å². The third-order valence-electron chi connectivity index (χ3n) is 6.24. The van der Waals surface area contributed by atoms with Crippen LogP contribution >= 0.6 is 11.6 Å². The Hall–Kier alpha value is -3.56. The van der Waals surface area contributed by atoms with Gasteiger partial charge in [-0.15, -0.1) is 0 Å². The number of carbonyl (C=O) groups is 1. The summed E-state index contributed by atoms with van der Waals surface area (Å²) in [5.74, 6) is -0.477. The number of hydrogen-bond acceptors (Lipinski definition) is 5. The fourth-order valence-electron chi connectivity index (χ4n) is 4.43. The molecule has 0 aliphatic rings. The number of nitrogens with two attached hydrogens (primary N) is 1. The molecule has 2 aromatic carbocycles. The normalized spacial score (nSPS) is 12.3. The third-order valence-corrected chi connectivity index (χ3v) is 6.69. The van der Waals surface area contributed by atoms with Gasteiger partial charge in [0.2, 0.25) is 0 Å². The van der Waals surface area contributed by atoms with E-state index in [1.54, 1.807) is 16.4 Å². The molecule has 0 saturated heterocycles. The maximum atomic E-state index is 13.8. The summed E-state index contributed by atoms with van der Waals surface area (Å²) in [4.78, 5) is 34.0. The summed E-state index contributed by atoms with van der Waals surface area (Å²) in [6, 6.07) is 14.3. The topological polar surface area (TPSA) is 98.5 Å². The second kappa shape index (κ2) is 11.2. The molecule has 8 nitrogen and oxygen atoms in total. The van der Waals surface area contributed by atoms with E-state index in [-0.39, 0.29) is 29.0 Å². The van der Waals surface area contributed by atoms with Gasteiger partial charge in [0.1, 0.15) is 16.7 Å². The minimum Gasteiger partial charge on any atom is -0.330 e. The number of rotatable bonds is 9. The van der Waals surface area contributed by atoms with E-state index >= 15 is 0 Å². The number of amides is 1. The smallest absolute Gasteiger partial charge is 0.330 e. The third kappa shape index (κ3) is 5.42. The zero-order valence-corrected chi connectivity index (χ0v) is 21.8.